The molecular formula is C15H12INO4. The van der Waals surface area contributed by atoms with Crippen LogP contribution in [0.4, 0.5) is 5.69 Å². The molecule has 2 aromatic rings. The molecule has 5 nitrogen and oxygen atoms in total. The fourth-order valence-electron chi connectivity index (χ4n) is 1.85. The number of amides is 1. The van der Waals surface area contributed by atoms with Crippen molar-refractivity contribution in [1.82, 2.24) is 0 Å². The maximum Gasteiger partial charge on any atom is 0.323 e. The van der Waals surface area contributed by atoms with Gasteiger partial charge < -0.3 is 10.2 Å². The van der Waals surface area contributed by atoms with E-state index in [1.54, 1.807) is 36.4 Å². The highest BCUT2D eigenvalue weighted by atomic mass is 127. The van der Waals surface area contributed by atoms with Gasteiger partial charge in [0.2, 0.25) is 0 Å². The van der Waals surface area contributed by atoms with Crippen LogP contribution in [0.25, 0.3) is 0 Å². The lowest BCUT2D eigenvalue weighted by Gasteiger charge is -2.21. The predicted octanol–water partition coefficient (Wildman–Crippen LogP) is 2.73. The first-order valence-corrected chi connectivity index (χ1v) is 7.14. The summed E-state index contributed by atoms with van der Waals surface area (Å²) < 4.78 is 0.775. The highest BCUT2D eigenvalue weighted by Crippen LogP contribution is 2.24. The van der Waals surface area contributed by atoms with E-state index in [1.165, 1.54) is 12.1 Å². The molecule has 21 heavy (non-hydrogen) atoms. The largest absolute Gasteiger partial charge is 0.507 e. The normalized spacial score (nSPS) is 10.1. The monoisotopic (exact) mass is 397 g/mol. The van der Waals surface area contributed by atoms with Gasteiger partial charge in [-0.05, 0) is 52.9 Å². The van der Waals surface area contributed by atoms with Gasteiger partial charge in [0.15, 0.2) is 0 Å². The minimum Gasteiger partial charge on any atom is -0.507 e. The summed E-state index contributed by atoms with van der Waals surface area (Å²) in [7, 11) is 0. The number of carboxylic acid groups (broad SMARTS) is 1. The van der Waals surface area contributed by atoms with E-state index in [-0.39, 0.29) is 11.3 Å². The molecule has 0 fully saturated rings. The van der Waals surface area contributed by atoms with E-state index in [1.807, 2.05) is 22.6 Å². The van der Waals surface area contributed by atoms with Crippen LogP contribution in [-0.2, 0) is 4.79 Å². The molecule has 0 radical (unpaired) electrons. The third-order valence-electron chi connectivity index (χ3n) is 2.80. The minimum atomic E-state index is -1.13. The first-order chi connectivity index (χ1) is 9.99. The summed E-state index contributed by atoms with van der Waals surface area (Å²) in [6, 6.07) is 13.1. The Kier molecular flexibility index (Phi) is 4.79. The molecule has 0 saturated carbocycles. The molecule has 2 aromatic carbocycles. The van der Waals surface area contributed by atoms with E-state index >= 15 is 0 Å². The number of nitrogens with zero attached hydrogens (tertiary/aromatic N) is 1. The van der Waals surface area contributed by atoms with Crippen molar-refractivity contribution in [2.45, 2.75) is 0 Å². The molecule has 0 aliphatic carbocycles. The van der Waals surface area contributed by atoms with Crippen LogP contribution in [0, 0.1) is 3.57 Å². The lowest BCUT2D eigenvalue weighted by atomic mass is 10.1. The average Bonchev–Trinajstić information content (AvgIpc) is 2.47. The van der Waals surface area contributed by atoms with Gasteiger partial charge in [0.05, 0.1) is 5.56 Å². The minimum absolute atomic E-state index is 0.0759. The van der Waals surface area contributed by atoms with E-state index in [0.717, 1.165) is 8.47 Å². The predicted molar refractivity (Wildman–Crippen MR) is 86.6 cm³/mol. The number of rotatable bonds is 4. The molecule has 0 aliphatic heterocycles. The summed E-state index contributed by atoms with van der Waals surface area (Å²) in [5.41, 5.74) is 0.537. The molecule has 1 amide bonds. The van der Waals surface area contributed by atoms with Crippen LogP contribution in [0.5, 0.6) is 5.75 Å². The lowest BCUT2D eigenvalue weighted by Crippen LogP contribution is -2.35. The maximum absolute atomic E-state index is 12.6. The number of halogens is 1. The molecule has 2 N–H and O–H groups in total. The van der Waals surface area contributed by atoms with Gasteiger partial charge in [-0.25, -0.2) is 0 Å². The molecule has 0 heterocycles. The zero-order chi connectivity index (χ0) is 15.4. The van der Waals surface area contributed by atoms with Crippen molar-refractivity contribution < 1.29 is 19.8 Å². The standard InChI is InChI=1S/C15H12INO4/c16-10-6-7-13(18)12(8-10)15(21)17(9-14(19)20)11-4-2-1-3-5-11/h1-8,18H,9H2,(H,19,20). The number of para-hydroxylation sites is 1. The Balaban J connectivity index is 2.43. The lowest BCUT2D eigenvalue weighted by molar-refractivity contribution is -0.135. The summed E-state index contributed by atoms with van der Waals surface area (Å²) in [6.45, 7) is -0.478. The topological polar surface area (TPSA) is 77.8 Å². The number of carboxylic acids is 1. The number of carbonyl (C=O) groups excluding carboxylic acids is 1. The van der Waals surface area contributed by atoms with Crippen LogP contribution in [0.3, 0.4) is 0 Å². The van der Waals surface area contributed by atoms with Crippen LogP contribution < -0.4 is 4.90 Å². The van der Waals surface area contributed by atoms with E-state index in [4.69, 9.17) is 5.11 Å². The van der Waals surface area contributed by atoms with E-state index in [9.17, 15) is 14.7 Å². The zero-order valence-electron chi connectivity index (χ0n) is 10.9. The number of benzene rings is 2. The summed E-state index contributed by atoms with van der Waals surface area (Å²) in [6.07, 6.45) is 0. The number of phenols is 1. The zero-order valence-corrected chi connectivity index (χ0v) is 13.0. The van der Waals surface area contributed by atoms with E-state index in [0.29, 0.717) is 5.69 Å². The molecule has 0 spiro atoms. The quantitative estimate of drug-likeness (QED) is 0.778. The van der Waals surface area contributed by atoms with Gasteiger partial charge in [-0.1, -0.05) is 18.2 Å². The van der Waals surface area contributed by atoms with Crippen molar-refractivity contribution >= 4 is 40.2 Å². The summed E-state index contributed by atoms with van der Waals surface area (Å²) >= 11 is 2.02. The number of carbonyl (C=O) groups is 2. The highest BCUT2D eigenvalue weighted by molar-refractivity contribution is 14.1. The summed E-state index contributed by atoms with van der Waals surface area (Å²) in [5.74, 6) is -1.86. The SMILES string of the molecule is O=C(O)CN(C(=O)c1cc(I)ccc1O)c1ccccc1. The fourth-order valence-corrected chi connectivity index (χ4v) is 2.34. The van der Waals surface area contributed by atoms with Gasteiger partial charge in [-0.2, -0.15) is 0 Å². The molecule has 0 atom stereocenters. The number of phenolic OH excluding ortho intramolecular Hbond substituents is 1. The molecule has 0 aromatic heterocycles. The molecule has 108 valence electrons. The molecule has 0 unspecified atom stereocenters. The highest BCUT2D eigenvalue weighted by Gasteiger charge is 2.22. The van der Waals surface area contributed by atoms with Crippen molar-refractivity contribution in [2.24, 2.45) is 0 Å². The van der Waals surface area contributed by atoms with Crippen LogP contribution in [0.2, 0.25) is 0 Å². The second-order valence-electron chi connectivity index (χ2n) is 4.28. The number of aromatic hydroxyl groups is 1. The molecular weight excluding hydrogens is 385 g/mol. The first-order valence-electron chi connectivity index (χ1n) is 6.06. The first kappa shape index (κ1) is 15.3. The molecule has 0 bridgehead atoms. The van der Waals surface area contributed by atoms with Gasteiger partial charge in [0.1, 0.15) is 12.3 Å². The van der Waals surface area contributed by atoms with Gasteiger partial charge in [0, 0.05) is 9.26 Å². The molecule has 0 saturated heterocycles. The van der Waals surface area contributed by atoms with Gasteiger partial charge in [-0.15, -0.1) is 0 Å². The Morgan fingerprint density at radius 1 is 1.10 bits per heavy atom. The third-order valence-corrected chi connectivity index (χ3v) is 3.47. The second kappa shape index (κ2) is 6.57. The van der Waals surface area contributed by atoms with E-state index in [2.05, 4.69) is 0 Å². The van der Waals surface area contributed by atoms with Crippen molar-refractivity contribution in [3.8, 4) is 5.75 Å². The second-order valence-corrected chi connectivity index (χ2v) is 5.53. The average molecular weight is 397 g/mol. The Bertz CT molecular complexity index is 673. The van der Waals surface area contributed by atoms with Crippen molar-refractivity contribution in [3.05, 3.63) is 57.7 Å². The molecule has 6 heteroatoms. The third kappa shape index (κ3) is 3.72. The van der Waals surface area contributed by atoms with Gasteiger partial charge in [-0.3, -0.25) is 14.5 Å². The summed E-state index contributed by atoms with van der Waals surface area (Å²) in [5, 5.41) is 18.8. The fraction of sp³-hybridized carbons (Fsp3) is 0.0667. The number of hydrogen-bond donors (Lipinski definition) is 2. The van der Waals surface area contributed by atoms with Crippen LogP contribution >= 0.6 is 22.6 Å². The smallest absolute Gasteiger partial charge is 0.323 e. The Morgan fingerprint density at radius 2 is 1.76 bits per heavy atom. The number of anilines is 1. The van der Waals surface area contributed by atoms with Crippen molar-refractivity contribution in [2.75, 3.05) is 11.4 Å². The van der Waals surface area contributed by atoms with Crippen LogP contribution in [-0.4, -0.2) is 28.6 Å². The van der Waals surface area contributed by atoms with Crippen molar-refractivity contribution in [1.29, 1.82) is 0 Å². The Morgan fingerprint density at radius 3 is 2.38 bits per heavy atom. The van der Waals surface area contributed by atoms with Gasteiger partial charge in [0.25, 0.3) is 5.91 Å². The van der Waals surface area contributed by atoms with Crippen LogP contribution in [0.1, 0.15) is 10.4 Å². The number of aliphatic carboxylic acids is 1. The number of hydrogen-bond acceptors (Lipinski definition) is 3. The Hall–Kier alpha value is -2.09. The van der Waals surface area contributed by atoms with E-state index < -0.39 is 18.4 Å². The van der Waals surface area contributed by atoms with Gasteiger partial charge >= 0.3 is 5.97 Å². The van der Waals surface area contributed by atoms with Crippen molar-refractivity contribution in [3.63, 3.8) is 0 Å². The summed E-state index contributed by atoms with van der Waals surface area (Å²) in [4.78, 5) is 24.7. The molecule has 0 aliphatic rings. The molecule has 2 rings (SSSR count). The van der Waals surface area contributed by atoms with Crippen LogP contribution in [0.15, 0.2) is 48.5 Å². The Labute approximate surface area is 135 Å². The maximum atomic E-state index is 12.6.